The standard InChI is InChI=1S/C16H14BrFO/c1-11-3-2-4-12(9-11)5-8-16(19)13-6-7-14(17)15(18)10-13/h2-4,6-7,9-10H,5,8H2,1H3. The summed E-state index contributed by atoms with van der Waals surface area (Å²) < 4.78 is 13.7. The smallest absolute Gasteiger partial charge is 0.163 e. The van der Waals surface area contributed by atoms with E-state index in [0.717, 1.165) is 5.56 Å². The zero-order valence-corrected chi connectivity index (χ0v) is 12.2. The number of halogens is 2. The van der Waals surface area contributed by atoms with Crippen molar-refractivity contribution in [1.82, 2.24) is 0 Å². The quantitative estimate of drug-likeness (QED) is 0.745. The Morgan fingerprint density at radius 1 is 1.21 bits per heavy atom. The van der Waals surface area contributed by atoms with Crippen LogP contribution in [0.3, 0.4) is 0 Å². The van der Waals surface area contributed by atoms with Crippen molar-refractivity contribution in [3.05, 3.63) is 69.4 Å². The summed E-state index contributed by atoms with van der Waals surface area (Å²) in [6.07, 6.45) is 1.07. The first-order chi connectivity index (χ1) is 9.06. The van der Waals surface area contributed by atoms with E-state index in [-0.39, 0.29) is 5.78 Å². The van der Waals surface area contributed by atoms with Crippen LogP contribution in [0.5, 0.6) is 0 Å². The van der Waals surface area contributed by atoms with E-state index in [4.69, 9.17) is 0 Å². The molecule has 0 atom stereocenters. The Hall–Kier alpha value is -1.48. The van der Waals surface area contributed by atoms with E-state index in [9.17, 15) is 9.18 Å². The minimum absolute atomic E-state index is 0.0343. The van der Waals surface area contributed by atoms with Crippen LogP contribution in [0.1, 0.15) is 27.9 Å². The molecular weight excluding hydrogens is 307 g/mol. The molecule has 0 saturated carbocycles. The molecule has 0 aromatic heterocycles. The molecule has 0 aliphatic rings. The lowest BCUT2D eigenvalue weighted by molar-refractivity contribution is 0.0982. The summed E-state index contributed by atoms with van der Waals surface area (Å²) in [6, 6.07) is 12.6. The van der Waals surface area contributed by atoms with Crippen LogP contribution in [0.15, 0.2) is 46.9 Å². The summed E-state index contributed by atoms with van der Waals surface area (Å²) in [4.78, 5) is 12.0. The number of carbonyl (C=O) groups is 1. The van der Waals surface area contributed by atoms with Gasteiger partial charge in [-0.05, 0) is 47.0 Å². The van der Waals surface area contributed by atoms with Gasteiger partial charge in [0, 0.05) is 12.0 Å². The molecule has 0 heterocycles. The molecule has 98 valence electrons. The number of carbonyl (C=O) groups excluding carboxylic acids is 1. The number of Topliss-reactive ketones (excluding diaryl/α,β-unsaturated/α-hetero) is 1. The van der Waals surface area contributed by atoms with Gasteiger partial charge in [0.15, 0.2) is 5.78 Å². The highest BCUT2D eigenvalue weighted by atomic mass is 79.9. The number of hydrogen-bond donors (Lipinski definition) is 0. The Kier molecular flexibility index (Phi) is 4.48. The zero-order valence-electron chi connectivity index (χ0n) is 10.6. The Morgan fingerprint density at radius 3 is 2.68 bits per heavy atom. The van der Waals surface area contributed by atoms with Crippen molar-refractivity contribution in [2.75, 3.05) is 0 Å². The molecule has 2 aromatic rings. The third-order valence-electron chi connectivity index (χ3n) is 2.96. The minimum Gasteiger partial charge on any atom is -0.294 e. The Bertz CT molecular complexity index is 607. The first-order valence-corrected chi connectivity index (χ1v) is 6.89. The van der Waals surface area contributed by atoms with Crippen molar-refractivity contribution in [1.29, 1.82) is 0 Å². The molecule has 0 saturated heterocycles. The predicted molar refractivity (Wildman–Crippen MR) is 77.9 cm³/mol. The average Bonchev–Trinajstić information content (AvgIpc) is 2.39. The van der Waals surface area contributed by atoms with Gasteiger partial charge >= 0.3 is 0 Å². The summed E-state index contributed by atoms with van der Waals surface area (Å²) in [5.41, 5.74) is 2.74. The molecule has 3 heteroatoms. The van der Waals surface area contributed by atoms with Crippen LogP contribution in [-0.2, 0) is 6.42 Å². The van der Waals surface area contributed by atoms with Gasteiger partial charge in [0.1, 0.15) is 5.82 Å². The molecule has 0 amide bonds. The van der Waals surface area contributed by atoms with E-state index in [2.05, 4.69) is 22.0 Å². The molecule has 0 unspecified atom stereocenters. The zero-order chi connectivity index (χ0) is 13.8. The van der Waals surface area contributed by atoms with E-state index in [1.54, 1.807) is 12.1 Å². The topological polar surface area (TPSA) is 17.1 Å². The van der Waals surface area contributed by atoms with E-state index in [1.807, 2.05) is 25.1 Å². The second-order valence-electron chi connectivity index (χ2n) is 4.54. The van der Waals surface area contributed by atoms with Crippen LogP contribution in [0.25, 0.3) is 0 Å². The molecule has 0 fully saturated rings. The van der Waals surface area contributed by atoms with Crippen molar-refractivity contribution >= 4 is 21.7 Å². The van der Waals surface area contributed by atoms with E-state index in [0.29, 0.717) is 22.9 Å². The summed E-state index contributed by atoms with van der Waals surface area (Å²) in [7, 11) is 0. The normalized spacial score (nSPS) is 10.5. The Balaban J connectivity index is 2.03. The molecule has 0 spiro atoms. The number of rotatable bonds is 4. The van der Waals surface area contributed by atoms with E-state index >= 15 is 0 Å². The van der Waals surface area contributed by atoms with E-state index < -0.39 is 5.82 Å². The van der Waals surface area contributed by atoms with Crippen LogP contribution in [0.2, 0.25) is 0 Å². The molecular formula is C16H14BrFO. The molecule has 0 N–H and O–H groups in total. The van der Waals surface area contributed by atoms with Crippen molar-refractivity contribution < 1.29 is 9.18 Å². The number of hydrogen-bond acceptors (Lipinski definition) is 1. The molecule has 0 aliphatic carbocycles. The lowest BCUT2D eigenvalue weighted by Gasteiger charge is -2.04. The van der Waals surface area contributed by atoms with Gasteiger partial charge in [0.2, 0.25) is 0 Å². The van der Waals surface area contributed by atoms with Crippen molar-refractivity contribution in [2.45, 2.75) is 19.8 Å². The lowest BCUT2D eigenvalue weighted by Crippen LogP contribution is -2.02. The second kappa shape index (κ2) is 6.11. The first kappa shape index (κ1) is 13.9. The van der Waals surface area contributed by atoms with Crippen molar-refractivity contribution in [3.63, 3.8) is 0 Å². The third kappa shape index (κ3) is 3.74. The monoisotopic (exact) mass is 320 g/mol. The minimum atomic E-state index is -0.401. The maximum atomic E-state index is 13.4. The van der Waals surface area contributed by atoms with Gasteiger partial charge < -0.3 is 0 Å². The number of aryl methyl sites for hydroxylation is 2. The Labute approximate surface area is 120 Å². The van der Waals surface area contributed by atoms with Crippen LogP contribution in [0, 0.1) is 12.7 Å². The number of benzene rings is 2. The maximum absolute atomic E-state index is 13.4. The largest absolute Gasteiger partial charge is 0.294 e. The molecule has 2 aromatic carbocycles. The molecule has 0 aliphatic heterocycles. The first-order valence-electron chi connectivity index (χ1n) is 6.10. The van der Waals surface area contributed by atoms with Crippen molar-refractivity contribution in [2.24, 2.45) is 0 Å². The lowest BCUT2D eigenvalue weighted by atomic mass is 10.0. The fourth-order valence-electron chi connectivity index (χ4n) is 1.94. The summed E-state index contributed by atoms with van der Waals surface area (Å²) in [5, 5.41) is 0. The fraction of sp³-hybridized carbons (Fsp3) is 0.188. The number of ketones is 1. The Morgan fingerprint density at radius 2 is 2.00 bits per heavy atom. The summed E-state index contributed by atoms with van der Waals surface area (Å²) in [6.45, 7) is 2.02. The van der Waals surface area contributed by atoms with Gasteiger partial charge in [-0.15, -0.1) is 0 Å². The summed E-state index contributed by atoms with van der Waals surface area (Å²) >= 11 is 3.08. The SMILES string of the molecule is Cc1cccc(CCC(=O)c2ccc(Br)c(F)c2)c1. The molecule has 1 nitrogen and oxygen atoms in total. The molecule has 2 rings (SSSR count). The second-order valence-corrected chi connectivity index (χ2v) is 5.40. The van der Waals surface area contributed by atoms with Gasteiger partial charge in [-0.3, -0.25) is 4.79 Å². The molecule has 0 bridgehead atoms. The van der Waals surface area contributed by atoms with Crippen LogP contribution in [-0.4, -0.2) is 5.78 Å². The van der Waals surface area contributed by atoms with Crippen LogP contribution in [0.4, 0.5) is 4.39 Å². The highest BCUT2D eigenvalue weighted by molar-refractivity contribution is 9.10. The van der Waals surface area contributed by atoms with Gasteiger partial charge in [-0.2, -0.15) is 0 Å². The average molecular weight is 321 g/mol. The van der Waals surface area contributed by atoms with Crippen molar-refractivity contribution in [3.8, 4) is 0 Å². The fourth-order valence-corrected chi connectivity index (χ4v) is 2.19. The van der Waals surface area contributed by atoms with Gasteiger partial charge in [0.05, 0.1) is 4.47 Å². The van der Waals surface area contributed by atoms with Gasteiger partial charge in [0.25, 0.3) is 0 Å². The maximum Gasteiger partial charge on any atom is 0.163 e. The predicted octanol–water partition coefficient (Wildman–Crippen LogP) is 4.71. The van der Waals surface area contributed by atoms with Gasteiger partial charge in [-0.1, -0.05) is 35.9 Å². The molecule has 0 radical (unpaired) electrons. The van der Waals surface area contributed by atoms with Gasteiger partial charge in [-0.25, -0.2) is 4.39 Å². The van der Waals surface area contributed by atoms with Crippen LogP contribution < -0.4 is 0 Å². The highest BCUT2D eigenvalue weighted by Gasteiger charge is 2.09. The van der Waals surface area contributed by atoms with Crippen LogP contribution >= 0.6 is 15.9 Å². The third-order valence-corrected chi connectivity index (χ3v) is 3.61. The summed E-state index contributed by atoms with van der Waals surface area (Å²) in [5.74, 6) is -0.436. The molecule has 19 heavy (non-hydrogen) atoms. The van der Waals surface area contributed by atoms with E-state index in [1.165, 1.54) is 11.6 Å². The highest BCUT2D eigenvalue weighted by Crippen LogP contribution is 2.18.